The average Bonchev–Trinajstić information content (AvgIpc) is 2.84. The van der Waals surface area contributed by atoms with E-state index < -0.39 is 34.7 Å². The van der Waals surface area contributed by atoms with Gasteiger partial charge in [-0.25, -0.2) is 5.43 Å². The van der Waals surface area contributed by atoms with Gasteiger partial charge in [0.2, 0.25) is 5.91 Å². The number of nitro benzene ring substituents is 1. The number of amides is 1. The molecule has 1 amide bonds. The highest BCUT2D eigenvalue weighted by Crippen LogP contribution is 2.37. The summed E-state index contributed by atoms with van der Waals surface area (Å²) in [7, 11) is 0. The lowest BCUT2D eigenvalue weighted by Gasteiger charge is -2.14. The predicted molar refractivity (Wildman–Crippen MR) is 134 cm³/mol. The molecule has 37 heavy (non-hydrogen) atoms. The molecule has 0 atom stereocenters. The van der Waals surface area contributed by atoms with Crippen LogP contribution >= 0.6 is 15.9 Å². The summed E-state index contributed by atoms with van der Waals surface area (Å²) in [6, 6.07) is 14.9. The SMILES string of the molecule is CCOc1cc(/C=N\NC(=O)Cc2ccc(C(F)(F)F)cc2[N+](=O)[O-])cc(Br)c1OCc1ccccc1. The Morgan fingerprint density at radius 3 is 2.51 bits per heavy atom. The quantitative estimate of drug-likeness (QED) is 0.179. The molecular formula is C25H21BrF3N3O5. The van der Waals surface area contributed by atoms with Crippen LogP contribution < -0.4 is 14.9 Å². The zero-order valence-electron chi connectivity index (χ0n) is 19.4. The first-order valence-corrected chi connectivity index (χ1v) is 11.7. The topological polar surface area (TPSA) is 103 Å². The van der Waals surface area contributed by atoms with Gasteiger partial charge in [-0.3, -0.25) is 14.9 Å². The van der Waals surface area contributed by atoms with E-state index in [-0.39, 0.29) is 5.56 Å². The van der Waals surface area contributed by atoms with Crippen molar-refractivity contribution in [2.75, 3.05) is 6.61 Å². The highest BCUT2D eigenvalue weighted by Gasteiger charge is 2.33. The number of alkyl halides is 3. The summed E-state index contributed by atoms with van der Waals surface area (Å²) in [5.74, 6) is 0.188. The van der Waals surface area contributed by atoms with E-state index in [4.69, 9.17) is 9.47 Å². The number of halogens is 4. The van der Waals surface area contributed by atoms with Crippen LogP contribution in [0.3, 0.4) is 0 Å². The zero-order valence-corrected chi connectivity index (χ0v) is 21.0. The third-order valence-electron chi connectivity index (χ3n) is 4.92. The Morgan fingerprint density at radius 2 is 1.86 bits per heavy atom. The predicted octanol–water partition coefficient (Wildman–Crippen LogP) is 6.05. The van der Waals surface area contributed by atoms with Crippen LogP contribution in [0.25, 0.3) is 0 Å². The average molecular weight is 580 g/mol. The van der Waals surface area contributed by atoms with Gasteiger partial charge in [0.25, 0.3) is 5.69 Å². The summed E-state index contributed by atoms with van der Waals surface area (Å²) in [6.45, 7) is 2.51. The molecule has 0 bridgehead atoms. The summed E-state index contributed by atoms with van der Waals surface area (Å²) in [4.78, 5) is 22.5. The van der Waals surface area contributed by atoms with Gasteiger partial charge in [-0.15, -0.1) is 0 Å². The number of hydrogen-bond donors (Lipinski definition) is 1. The van der Waals surface area contributed by atoms with Gasteiger partial charge in [0.1, 0.15) is 6.61 Å². The molecule has 0 saturated carbocycles. The van der Waals surface area contributed by atoms with Crippen LogP contribution in [0.15, 0.2) is 70.2 Å². The Kier molecular flexibility index (Phi) is 9.23. The van der Waals surface area contributed by atoms with E-state index in [0.29, 0.717) is 46.9 Å². The summed E-state index contributed by atoms with van der Waals surface area (Å²) in [5.41, 5.74) is 1.59. The molecule has 0 fully saturated rings. The van der Waals surface area contributed by atoms with Gasteiger partial charge in [0.15, 0.2) is 11.5 Å². The smallest absolute Gasteiger partial charge is 0.416 e. The molecule has 0 aliphatic heterocycles. The minimum atomic E-state index is -4.74. The third-order valence-corrected chi connectivity index (χ3v) is 5.51. The fourth-order valence-electron chi connectivity index (χ4n) is 3.25. The summed E-state index contributed by atoms with van der Waals surface area (Å²) in [5, 5.41) is 15.0. The van der Waals surface area contributed by atoms with Gasteiger partial charge in [-0.2, -0.15) is 18.3 Å². The highest BCUT2D eigenvalue weighted by molar-refractivity contribution is 9.10. The molecule has 12 heteroatoms. The van der Waals surface area contributed by atoms with E-state index in [2.05, 4.69) is 26.5 Å². The van der Waals surface area contributed by atoms with Gasteiger partial charge >= 0.3 is 6.18 Å². The first-order chi connectivity index (χ1) is 17.6. The van der Waals surface area contributed by atoms with Gasteiger partial charge in [-0.05, 0) is 52.2 Å². The second-order valence-corrected chi connectivity index (χ2v) is 8.46. The van der Waals surface area contributed by atoms with Crippen molar-refractivity contribution >= 4 is 33.7 Å². The molecule has 194 valence electrons. The van der Waals surface area contributed by atoms with Crippen LogP contribution in [0.4, 0.5) is 18.9 Å². The lowest BCUT2D eigenvalue weighted by Crippen LogP contribution is -2.20. The minimum absolute atomic E-state index is 0.174. The maximum atomic E-state index is 12.9. The monoisotopic (exact) mass is 579 g/mol. The van der Waals surface area contributed by atoms with Crippen LogP contribution in [-0.4, -0.2) is 23.7 Å². The van der Waals surface area contributed by atoms with E-state index in [0.717, 1.165) is 11.6 Å². The molecule has 0 radical (unpaired) electrons. The number of carbonyl (C=O) groups excluding carboxylic acids is 1. The number of nitrogens with zero attached hydrogens (tertiary/aromatic N) is 2. The molecule has 0 aromatic heterocycles. The minimum Gasteiger partial charge on any atom is -0.490 e. The summed E-state index contributed by atoms with van der Waals surface area (Å²) in [6.07, 6.45) is -3.95. The Labute approximate surface area is 218 Å². The van der Waals surface area contributed by atoms with Crippen molar-refractivity contribution < 1.29 is 32.4 Å². The van der Waals surface area contributed by atoms with Crippen molar-refractivity contribution in [3.05, 3.63) is 97.5 Å². The largest absolute Gasteiger partial charge is 0.490 e. The van der Waals surface area contributed by atoms with Crippen molar-refractivity contribution in [1.82, 2.24) is 5.43 Å². The van der Waals surface area contributed by atoms with Crippen molar-refractivity contribution in [2.24, 2.45) is 5.10 Å². The van der Waals surface area contributed by atoms with Crippen LogP contribution in [0.1, 0.15) is 29.2 Å². The number of hydrogen-bond acceptors (Lipinski definition) is 6. The summed E-state index contributed by atoms with van der Waals surface area (Å²) < 4.78 is 50.8. The van der Waals surface area contributed by atoms with Crippen LogP contribution in [0, 0.1) is 10.1 Å². The summed E-state index contributed by atoms with van der Waals surface area (Å²) >= 11 is 3.45. The van der Waals surface area contributed by atoms with E-state index in [1.54, 1.807) is 12.1 Å². The second-order valence-electron chi connectivity index (χ2n) is 7.61. The molecule has 0 unspecified atom stereocenters. The maximum absolute atomic E-state index is 12.9. The fraction of sp³-hybridized carbons (Fsp3) is 0.200. The van der Waals surface area contributed by atoms with E-state index in [9.17, 15) is 28.1 Å². The fourth-order valence-corrected chi connectivity index (χ4v) is 3.82. The van der Waals surface area contributed by atoms with Crippen molar-refractivity contribution in [3.63, 3.8) is 0 Å². The lowest BCUT2D eigenvalue weighted by molar-refractivity contribution is -0.385. The first-order valence-electron chi connectivity index (χ1n) is 10.9. The normalized spacial score (nSPS) is 11.4. The molecule has 1 N–H and O–H groups in total. The molecule has 3 aromatic rings. The molecule has 0 spiro atoms. The van der Waals surface area contributed by atoms with E-state index >= 15 is 0 Å². The second kappa shape index (κ2) is 12.3. The zero-order chi connectivity index (χ0) is 27.0. The molecule has 8 nitrogen and oxygen atoms in total. The Hall–Kier alpha value is -3.93. The van der Waals surface area contributed by atoms with Crippen LogP contribution in [-0.2, 0) is 24.0 Å². The molecule has 0 saturated heterocycles. The van der Waals surface area contributed by atoms with Crippen LogP contribution in [0.5, 0.6) is 11.5 Å². The lowest BCUT2D eigenvalue weighted by atomic mass is 10.1. The van der Waals surface area contributed by atoms with Crippen molar-refractivity contribution in [2.45, 2.75) is 26.1 Å². The van der Waals surface area contributed by atoms with Gasteiger partial charge < -0.3 is 9.47 Å². The standard InChI is InChI=1S/C25H21BrF3N3O5/c1-2-36-22-11-17(10-20(26)24(22)37-15-16-6-4-3-5-7-16)14-30-31-23(33)12-18-8-9-19(25(27,28)29)13-21(18)32(34)35/h3-11,13-14H,2,12,15H2,1H3,(H,31,33)/b30-14-. The number of hydrazone groups is 1. The van der Waals surface area contributed by atoms with Crippen LogP contribution in [0.2, 0.25) is 0 Å². The number of ether oxygens (including phenoxy) is 2. The third kappa shape index (κ3) is 7.78. The number of nitro groups is 1. The molecule has 3 aromatic carbocycles. The van der Waals surface area contributed by atoms with E-state index in [1.807, 2.05) is 37.3 Å². The van der Waals surface area contributed by atoms with Gasteiger partial charge in [0.05, 0.1) is 34.2 Å². The Balaban J connectivity index is 1.70. The molecule has 0 heterocycles. The van der Waals surface area contributed by atoms with Gasteiger partial charge in [-0.1, -0.05) is 36.4 Å². The first kappa shape index (κ1) is 27.7. The number of rotatable bonds is 10. The van der Waals surface area contributed by atoms with E-state index in [1.165, 1.54) is 6.21 Å². The van der Waals surface area contributed by atoms with Crippen molar-refractivity contribution in [3.8, 4) is 11.5 Å². The number of carbonyl (C=O) groups is 1. The Bertz CT molecular complexity index is 1300. The number of benzene rings is 3. The Morgan fingerprint density at radius 1 is 1.14 bits per heavy atom. The highest BCUT2D eigenvalue weighted by atomic mass is 79.9. The maximum Gasteiger partial charge on any atom is 0.416 e. The van der Waals surface area contributed by atoms with Gasteiger partial charge in [0, 0.05) is 11.6 Å². The van der Waals surface area contributed by atoms with Crippen molar-refractivity contribution in [1.29, 1.82) is 0 Å². The molecule has 0 aliphatic rings. The number of nitrogens with one attached hydrogen (secondary N) is 1. The molecule has 0 aliphatic carbocycles. The molecular weight excluding hydrogens is 559 g/mol. The molecule has 3 rings (SSSR count).